The van der Waals surface area contributed by atoms with Gasteiger partial charge in [0.15, 0.2) is 0 Å². The first-order valence-electron chi connectivity index (χ1n) is 4.61. The number of nitrogens with two attached hydrogens (primary N) is 2. The molecular weight excluding hydrogens is 200 g/mol. The Morgan fingerprint density at radius 1 is 1.33 bits per heavy atom. The first-order valence-corrected chi connectivity index (χ1v) is 4.61. The topological polar surface area (TPSA) is 119 Å². The van der Waals surface area contributed by atoms with Crippen LogP contribution in [0.15, 0.2) is 0 Å². The highest BCUT2D eigenvalue weighted by atomic mass is 16.2. The number of primary amides is 1. The van der Waals surface area contributed by atoms with Gasteiger partial charge in [0.1, 0.15) is 0 Å². The molecule has 0 aliphatic heterocycles. The Labute approximate surface area is 87.7 Å². The van der Waals surface area contributed by atoms with Crippen molar-refractivity contribution >= 4 is 17.7 Å². The molecule has 0 bridgehead atoms. The van der Waals surface area contributed by atoms with E-state index in [1.165, 1.54) is 0 Å². The van der Waals surface area contributed by atoms with Crippen molar-refractivity contribution in [2.45, 2.75) is 19.8 Å². The lowest BCUT2D eigenvalue weighted by Crippen LogP contribution is -2.48. The minimum atomic E-state index is -0.952. The largest absolute Gasteiger partial charge is 0.368 e. The highest BCUT2D eigenvalue weighted by Crippen LogP contribution is 1.95. The summed E-state index contributed by atoms with van der Waals surface area (Å²) in [5, 5.41) is 0. The molecule has 0 spiro atoms. The molecule has 7 nitrogen and oxygen atoms in total. The molecule has 0 unspecified atom stereocenters. The molecule has 86 valence electrons. The van der Waals surface area contributed by atoms with E-state index in [4.69, 9.17) is 11.6 Å². The molecular formula is C8H16N4O3. The molecule has 0 heterocycles. The summed E-state index contributed by atoms with van der Waals surface area (Å²) in [4.78, 5) is 34.0. The van der Waals surface area contributed by atoms with Gasteiger partial charge >= 0.3 is 11.8 Å². The first-order chi connectivity index (χ1) is 7.02. The van der Waals surface area contributed by atoms with Gasteiger partial charge in [0.2, 0.25) is 5.91 Å². The second-order valence-electron chi connectivity index (χ2n) is 3.02. The minimum Gasteiger partial charge on any atom is -0.368 e. The van der Waals surface area contributed by atoms with Crippen molar-refractivity contribution in [3.05, 3.63) is 0 Å². The number of carbonyl (C=O) groups is 3. The molecule has 5 N–H and O–H groups in total. The summed E-state index contributed by atoms with van der Waals surface area (Å²) in [7, 11) is 0. The van der Waals surface area contributed by atoms with Crippen molar-refractivity contribution in [2.75, 3.05) is 13.1 Å². The van der Waals surface area contributed by atoms with Crippen LogP contribution in [-0.2, 0) is 14.4 Å². The number of rotatable bonds is 5. The highest BCUT2D eigenvalue weighted by molar-refractivity contribution is 6.35. The second kappa shape index (κ2) is 6.77. The van der Waals surface area contributed by atoms with Gasteiger partial charge in [-0.25, -0.2) is 5.84 Å². The number of nitrogens with zero attached hydrogens (tertiary/aromatic N) is 1. The molecule has 15 heavy (non-hydrogen) atoms. The normalized spacial score (nSPS) is 9.47. The third-order valence-corrected chi connectivity index (χ3v) is 1.74. The number of nitrogens with one attached hydrogen (secondary N) is 1. The number of hydrazine groups is 1. The molecule has 0 aromatic carbocycles. The van der Waals surface area contributed by atoms with Crippen molar-refractivity contribution in [3.63, 3.8) is 0 Å². The molecule has 0 saturated heterocycles. The predicted molar refractivity (Wildman–Crippen MR) is 53.0 cm³/mol. The predicted octanol–water partition coefficient (Wildman–Crippen LogP) is -1.91. The minimum absolute atomic E-state index is 0.272. The van der Waals surface area contributed by atoms with Crippen LogP contribution in [0.25, 0.3) is 0 Å². The zero-order valence-electron chi connectivity index (χ0n) is 8.66. The summed E-state index contributed by atoms with van der Waals surface area (Å²) >= 11 is 0. The molecule has 0 fully saturated rings. The van der Waals surface area contributed by atoms with Crippen molar-refractivity contribution < 1.29 is 14.4 Å². The molecule has 0 atom stereocenters. The van der Waals surface area contributed by atoms with Gasteiger partial charge in [-0.1, -0.05) is 13.3 Å². The van der Waals surface area contributed by atoms with Gasteiger partial charge in [-0.05, 0) is 6.42 Å². The summed E-state index contributed by atoms with van der Waals surface area (Å²) in [6, 6.07) is 0. The molecule has 0 aromatic rings. The molecule has 0 radical (unpaired) electrons. The highest BCUT2D eigenvalue weighted by Gasteiger charge is 2.21. The lowest BCUT2D eigenvalue weighted by Gasteiger charge is -2.19. The van der Waals surface area contributed by atoms with Gasteiger partial charge in [0, 0.05) is 6.54 Å². The molecule has 0 saturated carbocycles. The van der Waals surface area contributed by atoms with Crippen LogP contribution in [-0.4, -0.2) is 35.7 Å². The average Bonchev–Trinajstić information content (AvgIpc) is 2.21. The molecule has 3 amide bonds. The Morgan fingerprint density at radius 2 is 1.93 bits per heavy atom. The summed E-state index contributed by atoms with van der Waals surface area (Å²) in [5.41, 5.74) is 6.66. The maximum atomic E-state index is 11.3. The third-order valence-electron chi connectivity index (χ3n) is 1.74. The lowest BCUT2D eigenvalue weighted by molar-refractivity contribution is -0.147. The van der Waals surface area contributed by atoms with Gasteiger partial charge in [-0.3, -0.25) is 19.8 Å². The fourth-order valence-corrected chi connectivity index (χ4v) is 0.995. The van der Waals surface area contributed by atoms with E-state index in [9.17, 15) is 14.4 Å². The fourth-order valence-electron chi connectivity index (χ4n) is 0.995. The first kappa shape index (κ1) is 13.4. The summed E-state index contributed by atoms with van der Waals surface area (Å²) < 4.78 is 0. The molecule has 0 aliphatic carbocycles. The Morgan fingerprint density at radius 3 is 2.33 bits per heavy atom. The monoisotopic (exact) mass is 216 g/mol. The van der Waals surface area contributed by atoms with Crippen LogP contribution < -0.4 is 17.0 Å². The SMILES string of the molecule is CCCCN(CC(N)=O)C(=O)C(=O)NN. The zero-order chi connectivity index (χ0) is 11.8. The van der Waals surface area contributed by atoms with Crippen LogP contribution in [0.1, 0.15) is 19.8 Å². The second-order valence-corrected chi connectivity index (χ2v) is 3.02. The molecule has 7 heteroatoms. The van der Waals surface area contributed by atoms with E-state index in [0.717, 1.165) is 11.3 Å². The smallest absolute Gasteiger partial charge is 0.323 e. The maximum Gasteiger partial charge on any atom is 0.323 e. The van der Waals surface area contributed by atoms with E-state index in [1.807, 2.05) is 6.92 Å². The Kier molecular flexibility index (Phi) is 6.03. The van der Waals surface area contributed by atoms with Gasteiger partial charge < -0.3 is 10.6 Å². The van der Waals surface area contributed by atoms with Crippen LogP contribution in [0.5, 0.6) is 0 Å². The lowest BCUT2D eigenvalue weighted by atomic mass is 10.3. The van der Waals surface area contributed by atoms with E-state index in [1.54, 1.807) is 5.43 Å². The average molecular weight is 216 g/mol. The Balaban J connectivity index is 4.39. The number of unbranched alkanes of at least 4 members (excludes halogenated alkanes) is 1. The fraction of sp³-hybridized carbons (Fsp3) is 0.625. The number of amides is 3. The van der Waals surface area contributed by atoms with E-state index in [0.29, 0.717) is 13.0 Å². The standard InChI is InChI=1S/C8H16N4O3/c1-2-3-4-12(5-6(9)13)8(15)7(14)11-10/h2-5,10H2,1H3,(H2,9,13)(H,11,14). The number of hydrogen-bond acceptors (Lipinski definition) is 4. The Bertz CT molecular complexity index is 254. The van der Waals surface area contributed by atoms with Crippen LogP contribution in [0.4, 0.5) is 0 Å². The van der Waals surface area contributed by atoms with E-state index < -0.39 is 17.7 Å². The van der Waals surface area contributed by atoms with Crippen LogP contribution in [0.2, 0.25) is 0 Å². The van der Waals surface area contributed by atoms with Crippen molar-refractivity contribution in [3.8, 4) is 0 Å². The van der Waals surface area contributed by atoms with Gasteiger partial charge in [0.05, 0.1) is 6.54 Å². The zero-order valence-corrected chi connectivity index (χ0v) is 8.66. The summed E-state index contributed by atoms with van der Waals surface area (Å²) in [6.07, 6.45) is 1.53. The van der Waals surface area contributed by atoms with Crippen LogP contribution in [0.3, 0.4) is 0 Å². The van der Waals surface area contributed by atoms with E-state index in [2.05, 4.69) is 0 Å². The van der Waals surface area contributed by atoms with Crippen molar-refractivity contribution in [1.29, 1.82) is 0 Å². The maximum absolute atomic E-state index is 11.3. The molecule has 0 aromatic heterocycles. The number of carbonyl (C=O) groups excluding carboxylic acids is 3. The van der Waals surface area contributed by atoms with Crippen molar-refractivity contribution in [2.24, 2.45) is 11.6 Å². The van der Waals surface area contributed by atoms with Crippen LogP contribution in [0, 0.1) is 0 Å². The van der Waals surface area contributed by atoms with E-state index in [-0.39, 0.29) is 6.54 Å². The summed E-state index contributed by atoms with van der Waals surface area (Å²) in [5.74, 6) is 2.35. The number of hydrogen-bond donors (Lipinski definition) is 3. The van der Waals surface area contributed by atoms with Crippen LogP contribution >= 0.6 is 0 Å². The van der Waals surface area contributed by atoms with Gasteiger partial charge in [-0.15, -0.1) is 0 Å². The third kappa shape index (κ3) is 4.96. The van der Waals surface area contributed by atoms with E-state index >= 15 is 0 Å². The van der Waals surface area contributed by atoms with Gasteiger partial charge in [-0.2, -0.15) is 0 Å². The summed E-state index contributed by atoms with van der Waals surface area (Å²) in [6.45, 7) is 1.97. The quantitative estimate of drug-likeness (QED) is 0.215. The molecule has 0 rings (SSSR count). The molecule has 0 aliphatic rings. The van der Waals surface area contributed by atoms with Crippen molar-refractivity contribution in [1.82, 2.24) is 10.3 Å². The van der Waals surface area contributed by atoms with Gasteiger partial charge in [0.25, 0.3) is 0 Å². The Hall–Kier alpha value is -1.63.